The molecule has 0 saturated carbocycles. The molecule has 43 heavy (non-hydrogen) atoms. The number of carbonyl (C=O) groups is 5. The highest BCUT2D eigenvalue weighted by atomic mass is 16.6. The predicted molar refractivity (Wildman–Crippen MR) is 157 cm³/mol. The molecule has 230 valence electrons. The Balaban J connectivity index is 1.82. The molecule has 11 heteroatoms. The molecule has 3 rings (SSSR count). The van der Waals surface area contributed by atoms with Gasteiger partial charge in [-0.05, 0) is 44.7 Å². The molecule has 1 aliphatic heterocycles. The number of nitrogens with zero attached hydrogens (tertiary/aromatic N) is 1. The van der Waals surface area contributed by atoms with Crippen molar-refractivity contribution < 1.29 is 38.2 Å². The van der Waals surface area contributed by atoms with Gasteiger partial charge in [-0.25, -0.2) is 9.59 Å². The van der Waals surface area contributed by atoms with Crippen LogP contribution < -0.4 is 10.6 Å². The van der Waals surface area contributed by atoms with E-state index in [4.69, 9.17) is 14.2 Å². The maximum atomic E-state index is 13.9. The van der Waals surface area contributed by atoms with Crippen LogP contribution in [0.4, 0.5) is 4.79 Å². The summed E-state index contributed by atoms with van der Waals surface area (Å²) in [5.74, 6) is -2.63. The van der Waals surface area contributed by atoms with Gasteiger partial charge in [-0.3, -0.25) is 14.4 Å². The molecule has 1 saturated heterocycles. The molecule has 2 aromatic carbocycles. The van der Waals surface area contributed by atoms with E-state index in [1.165, 1.54) is 11.0 Å². The lowest BCUT2D eigenvalue weighted by molar-refractivity contribution is -0.156. The fourth-order valence-corrected chi connectivity index (χ4v) is 4.52. The second-order valence-corrected chi connectivity index (χ2v) is 11.0. The molecule has 1 fully saturated rings. The molecule has 0 aliphatic carbocycles. The van der Waals surface area contributed by atoms with Crippen molar-refractivity contribution in [2.45, 2.75) is 70.4 Å². The number of benzene rings is 2. The van der Waals surface area contributed by atoms with Crippen molar-refractivity contribution >= 4 is 29.8 Å². The summed E-state index contributed by atoms with van der Waals surface area (Å²) in [5, 5.41) is 5.12. The fraction of sp³-hybridized carbons (Fsp3) is 0.406. The summed E-state index contributed by atoms with van der Waals surface area (Å²) in [6, 6.07) is 14.0. The molecule has 2 N–H and O–H groups in total. The number of hydrogen-bond acceptors (Lipinski definition) is 8. The molecule has 2 aromatic rings. The minimum Gasteiger partial charge on any atom is -0.460 e. The molecule has 11 nitrogen and oxygen atoms in total. The number of amides is 3. The first-order chi connectivity index (χ1) is 20.5. The first kappa shape index (κ1) is 32.8. The molecule has 1 heterocycles. The molecule has 3 amide bonds. The maximum Gasteiger partial charge on any atom is 0.408 e. The Labute approximate surface area is 251 Å². The van der Waals surface area contributed by atoms with E-state index < -0.39 is 60.0 Å². The van der Waals surface area contributed by atoms with E-state index in [0.29, 0.717) is 18.4 Å². The van der Waals surface area contributed by atoms with E-state index in [-0.39, 0.29) is 19.8 Å². The summed E-state index contributed by atoms with van der Waals surface area (Å²) in [7, 11) is 0. The fourth-order valence-electron chi connectivity index (χ4n) is 4.52. The Morgan fingerprint density at radius 2 is 1.63 bits per heavy atom. The molecule has 0 aromatic heterocycles. The van der Waals surface area contributed by atoms with Crippen LogP contribution in [0.25, 0.3) is 0 Å². The molecule has 0 unspecified atom stereocenters. The summed E-state index contributed by atoms with van der Waals surface area (Å²) in [6.07, 6.45) is 0.978. The highest BCUT2D eigenvalue weighted by molar-refractivity contribution is 5.95. The highest BCUT2D eigenvalue weighted by Crippen LogP contribution is 2.25. The summed E-state index contributed by atoms with van der Waals surface area (Å²) >= 11 is 0. The van der Waals surface area contributed by atoms with Gasteiger partial charge in [-0.15, -0.1) is 0 Å². The van der Waals surface area contributed by atoms with Crippen molar-refractivity contribution in [1.82, 2.24) is 15.5 Å². The third-order valence-corrected chi connectivity index (χ3v) is 6.43. The smallest absolute Gasteiger partial charge is 0.408 e. The number of ether oxygens (including phenoxy) is 3. The Bertz CT molecular complexity index is 1280. The zero-order valence-electron chi connectivity index (χ0n) is 24.7. The van der Waals surface area contributed by atoms with E-state index in [2.05, 4.69) is 17.2 Å². The van der Waals surface area contributed by atoms with Gasteiger partial charge in [-0.2, -0.15) is 0 Å². The summed E-state index contributed by atoms with van der Waals surface area (Å²) in [4.78, 5) is 67.0. The van der Waals surface area contributed by atoms with Crippen LogP contribution in [0.5, 0.6) is 0 Å². The molecular formula is C32H39N3O8. The lowest BCUT2D eigenvalue weighted by Gasteiger charge is -2.29. The van der Waals surface area contributed by atoms with E-state index >= 15 is 0 Å². The summed E-state index contributed by atoms with van der Waals surface area (Å²) < 4.78 is 15.8. The largest absolute Gasteiger partial charge is 0.460 e. The van der Waals surface area contributed by atoms with Crippen LogP contribution in [0.15, 0.2) is 73.3 Å². The molecular weight excluding hydrogens is 554 g/mol. The SMILES string of the molecule is C=CCOC(=O)[C@H]1CCCN1C(=O)[C@@H](NC(=O)[C@H](CC(=O)OC(C)(C)C)NC(=O)OCc1ccccc1)c1ccccc1. The van der Waals surface area contributed by atoms with E-state index in [1.54, 1.807) is 75.4 Å². The molecule has 0 bridgehead atoms. The van der Waals surface area contributed by atoms with Gasteiger partial charge in [0.05, 0.1) is 6.42 Å². The molecule has 3 atom stereocenters. The standard InChI is InChI=1S/C32H39N3O8/c1-5-19-41-30(39)25-17-12-18-35(25)29(38)27(23-15-10-7-11-16-23)34-28(37)24(20-26(36)43-32(2,3)4)33-31(40)42-21-22-13-8-6-9-14-22/h5-11,13-16,24-25,27H,1,12,17-21H2,2-4H3,(H,33,40)(H,34,37)/t24-,25+,27-/m0/s1. The van der Waals surface area contributed by atoms with Crippen LogP contribution >= 0.6 is 0 Å². The highest BCUT2D eigenvalue weighted by Gasteiger charge is 2.40. The number of nitrogens with one attached hydrogen (secondary N) is 2. The van der Waals surface area contributed by atoms with Crippen LogP contribution in [-0.4, -0.2) is 65.6 Å². The van der Waals surface area contributed by atoms with Gasteiger partial charge in [0.2, 0.25) is 5.91 Å². The van der Waals surface area contributed by atoms with Gasteiger partial charge in [-0.1, -0.05) is 73.3 Å². The topological polar surface area (TPSA) is 140 Å². The van der Waals surface area contributed by atoms with Crippen LogP contribution in [-0.2, 0) is 40.0 Å². The van der Waals surface area contributed by atoms with Crippen molar-refractivity contribution in [2.75, 3.05) is 13.2 Å². The Morgan fingerprint density at radius 1 is 0.977 bits per heavy atom. The summed E-state index contributed by atoms with van der Waals surface area (Å²) in [6.45, 7) is 8.82. The number of carbonyl (C=O) groups excluding carboxylic acids is 5. The van der Waals surface area contributed by atoms with Gasteiger partial charge >= 0.3 is 18.0 Å². The van der Waals surface area contributed by atoms with E-state index in [1.807, 2.05) is 6.07 Å². The number of alkyl carbamates (subject to hydrolysis) is 1. The number of hydrogen-bond donors (Lipinski definition) is 2. The minimum atomic E-state index is -1.43. The van der Waals surface area contributed by atoms with E-state index in [9.17, 15) is 24.0 Å². The van der Waals surface area contributed by atoms with Gasteiger partial charge in [0.1, 0.15) is 36.9 Å². The Kier molecular flexibility index (Phi) is 11.9. The second kappa shape index (κ2) is 15.5. The predicted octanol–water partition coefficient (Wildman–Crippen LogP) is 3.59. The maximum absolute atomic E-state index is 13.9. The monoisotopic (exact) mass is 593 g/mol. The average molecular weight is 594 g/mol. The Hall–Kier alpha value is -4.67. The van der Waals surface area contributed by atoms with Gasteiger partial charge in [0.15, 0.2) is 0 Å². The first-order valence-electron chi connectivity index (χ1n) is 14.1. The zero-order chi connectivity index (χ0) is 31.4. The summed E-state index contributed by atoms with van der Waals surface area (Å²) in [5.41, 5.74) is 0.348. The quantitative estimate of drug-likeness (QED) is 0.216. The van der Waals surface area contributed by atoms with E-state index in [0.717, 1.165) is 5.56 Å². The van der Waals surface area contributed by atoms with Crippen LogP contribution in [0, 0.1) is 0 Å². The lowest BCUT2D eigenvalue weighted by Crippen LogP contribution is -2.53. The first-order valence-corrected chi connectivity index (χ1v) is 14.1. The van der Waals surface area contributed by atoms with Gasteiger partial charge in [0, 0.05) is 6.54 Å². The normalized spacial score (nSPS) is 15.9. The molecule has 0 spiro atoms. The Morgan fingerprint density at radius 3 is 2.26 bits per heavy atom. The van der Waals surface area contributed by atoms with Gasteiger partial charge in [0.25, 0.3) is 5.91 Å². The van der Waals surface area contributed by atoms with Gasteiger partial charge < -0.3 is 29.7 Å². The van der Waals surface area contributed by atoms with Crippen molar-refractivity contribution in [3.05, 3.63) is 84.4 Å². The lowest BCUT2D eigenvalue weighted by atomic mass is 10.0. The zero-order valence-corrected chi connectivity index (χ0v) is 24.7. The third kappa shape index (κ3) is 10.3. The van der Waals surface area contributed by atoms with Crippen LogP contribution in [0.3, 0.4) is 0 Å². The van der Waals surface area contributed by atoms with Crippen LogP contribution in [0.2, 0.25) is 0 Å². The van der Waals surface area contributed by atoms with Crippen molar-refractivity contribution in [3.8, 4) is 0 Å². The number of likely N-dealkylation sites (tertiary alicyclic amines) is 1. The number of rotatable bonds is 12. The second-order valence-electron chi connectivity index (χ2n) is 11.0. The average Bonchev–Trinajstić information content (AvgIpc) is 3.47. The molecule has 1 aliphatic rings. The van der Waals surface area contributed by atoms with Crippen molar-refractivity contribution in [1.29, 1.82) is 0 Å². The number of esters is 2. The molecule has 0 radical (unpaired) electrons. The van der Waals surface area contributed by atoms with Crippen molar-refractivity contribution in [2.24, 2.45) is 0 Å². The minimum absolute atomic E-state index is 0.00853. The van der Waals surface area contributed by atoms with Crippen molar-refractivity contribution in [3.63, 3.8) is 0 Å². The third-order valence-electron chi connectivity index (χ3n) is 6.43. The van der Waals surface area contributed by atoms with Crippen LogP contribution in [0.1, 0.15) is 57.2 Å².